The van der Waals surface area contributed by atoms with Crippen LogP contribution in [0.15, 0.2) is 6.33 Å². The summed E-state index contributed by atoms with van der Waals surface area (Å²) in [7, 11) is 1.93. The van der Waals surface area contributed by atoms with Gasteiger partial charge in [-0.05, 0) is 6.92 Å². The fourth-order valence-electron chi connectivity index (χ4n) is 1.78. The van der Waals surface area contributed by atoms with Crippen LogP contribution in [0.1, 0.15) is 18.9 Å². The molecule has 0 aliphatic carbocycles. The minimum absolute atomic E-state index is 0.0138. The van der Waals surface area contributed by atoms with Crippen LogP contribution in [-0.2, 0) is 11.8 Å². The molecule has 1 saturated heterocycles. The van der Waals surface area contributed by atoms with Gasteiger partial charge in [0.25, 0.3) is 0 Å². The fourth-order valence-corrected chi connectivity index (χ4v) is 1.78. The topological polar surface area (TPSA) is 43.2 Å². The summed E-state index contributed by atoms with van der Waals surface area (Å²) in [6, 6.07) is 0. The Morgan fingerprint density at radius 3 is 3.19 bits per heavy atom. The Bertz CT molecular complexity index is 404. The van der Waals surface area contributed by atoms with E-state index >= 15 is 0 Å². The molecule has 1 aromatic heterocycles. The number of nitrogens with zero attached hydrogens (tertiary/aromatic N) is 4. The SMILES string of the molecule is CC#CCN1CCO[C@H](c2nncn2C)C1. The van der Waals surface area contributed by atoms with Crippen LogP contribution in [0.4, 0.5) is 0 Å². The zero-order valence-corrected chi connectivity index (χ0v) is 9.68. The lowest BCUT2D eigenvalue weighted by Crippen LogP contribution is -2.39. The number of aryl methyl sites for hydroxylation is 1. The maximum atomic E-state index is 5.70. The third-order valence-electron chi connectivity index (χ3n) is 2.66. The molecule has 0 radical (unpaired) electrons. The van der Waals surface area contributed by atoms with Crippen molar-refractivity contribution in [2.24, 2.45) is 7.05 Å². The van der Waals surface area contributed by atoms with Gasteiger partial charge in [0.1, 0.15) is 12.4 Å². The van der Waals surface area contributed by atoms with Gasteiger partial charge in [-0.1, -0.05) is 5.92 Å². The number of morpholine rings is 1. The van der Waals surface area contributed by atoms with Crippen LogP contribution in [0.3, 0.4) is 0 Å². The molecule has 0 N–H and O–H groups in total. The summed E-state index contributed by atoms with van der Waals surface area (Å²) in [4.78, 5) is 2.28. The Morgan fingerprint density at radius 2 is 2.50 bits per heavy atom. The van der Waals surface area contributed by atoms with E-state index in [2.05, 4.69) is 26.9 Å². The lowest BCUT2D eigenvalue weighted by Gasteiger charge is -2.30. The lowest BCUT2D eigenvalue weighted by molar-refractivity contribution is -0.0312. The average Bonchev–Trinajstić information content (AvgIpc) is 2.73. The van der Waals surface area contributed by atoms with E-state index in [0.29, 0.717) is 0 Å². The first kappa shape index (κ1) is 11.1. The van der Waals surface area contributed by atoms with Crippen molar-refractivity contribution in [1.82, 2.24) is 19.7 Å². The third kappa shape index (κ3) is 2.40. The number of hydrogen-bond donors (Lipinski definition) is 0. The Morgan fingerprint density at radius 1 is 1.62 bits per heavy atom. The molecule has 0 aromatic carbocycles. The summed E-state index contributed by atoms with van der Waals surface area (Å²) in [6.07, 6.45) is 1.71. The summed E-state index contributed by atoms with van der Waals surface area (Å²) in [5.74, 6) is 6.87. The van der Waals surface area contributed by atoms with E-state index in [1.54, 1.807) is 6.33 Å². The zero-order chi connectivity index (χ0) is 11.4. The second-order valence-corrected chi connectivity index (χ2v) is 3.82. The molecular weight excluding hydrogens is 204 g/mol. The van der Waals surface area contributed by atoms with E-state index in [-0.39, 0.29) is 6.10 Å². The molecule has 86 valence electrons. The Labute approximate surface area is 95.4 Å². The van der Waals surface area contributed by atoms with Crippen molar-refractivity contribution in [2.75, 3.05) is 26.2 Å². The molecule has 1 fully saturated rings. The highest BCUT2D eigenvalue weighted by molar-refractivity contribution is 5.00. The van der Waals surface area contributed by atoms with Gasteiger partial charge in [-0.2, -0.15) is 0 Å². The summed E-state index contributed by atoms with van der Waals surface area (Å²) >= 11 is 0. The highest BCUT2D eigenvalue weighted by atomic mass is 16.5. The summed E-state index contributed by atoms with van der Waals surface area (Å²) in [6.45, 7) is 5.15. The normalized spacial score (nSPS) is 21.5. The smallest absolute Gasteiger partial charge is 0.163 e. The number of rotatable bonds is 2. The van der Waals surface area contributed by atoms with Gasteiger partial charge < -0.3 is 9.30 Å². The molecule has 1 aliphatic heterocycles. The summed E-state index contributed by atoms with van der Waals surface area (Å²) in [5, 5.41) is 7.95. The zero-order valence-electron chi connectivity index (χ0n) is 9.68. The van der Waals surface area contributed by atoms with Gasteiger partial charge >= 0.3 is 0 Å². The molecule has 2 rings (SSSR count). The Kier molecular flexibility index (Phi) is 3.54. The monoisotopic (exact) mass is 220 g/mol. The molecule has 0 unspecified atom stereocenters. The average molecular weight is 220 g/mol. The van der Waals surface area contributed by atoms with E-state index in [0.717, 1.165) is 32.1 Å². The molecule has 16 heavy (non-hydrogen) atoms. The van der Waals surface area contributed by atoms with Crippen molar-refractivity contribution < 1.29 is 4.74 Å². The third-order valence-corrected chi connectivity index (χ3v) is 2.66. The van der Waals surface area contributed by atoms with Gasteiger partial charge in [-0.3, -0.25) is 4.90 Å². The van der Waals surface area contributed by atoms with Gasteiger partial charge in [0.05, 0.1) is 13.2 Å². The number of hydrogen-bond acceptors (Lipinski definition) is 4. The van der Waals surface area contributed by atoms with Crippen LogP contribution in [0.2, 0.25) is 0 Å². The second kappa shape index (κ2) is 5.10. The van der Waals surface area contributed by atoms with Crippen molar-refractivity contribution in [3.8, 4) is 11.8 Å². The van der Waals surface area contributed by atoms with Crippen molar-refractivity contribution in [2.45, 2.75) is 13.0 Å². The molecule has 5 nitrogen and oxygen atoms in total. The molecule has 1 atom stereocenters. The first-order valence-corrected chi connectivity index (χ1v) is 5.38. The van der Waals surface area contributed by atoms with E-state index in [4.69, 9.17) is 4.74 Å². The highest BCUT2D eigenvalue weighted by Gasteiger charge is 2.24. The van der Waals surface area contributed by atoms with Crippen LogP contribution in [-0.4, -0.2) is 45.9 Å². The minimum atomic E-state index is 0.0138. The van der Waals surface area contributed by atoms with Crippen LogP contribution in [0, 0.1) is 11.8 Å². The van der Waals surface area contributed by atoms with Gasteiger partial charge in [0.15, 0.2) is 5.82 Å². The molecule has 0 saturated carbocycles. The van der Waals surface area contributed by atoms with E-state index in [1.165, 1.54) is 0 Å². The van der Waals surface area contributed by atoms with E-state index < -0.39 is 0 Å². The van der Waals surface area contributed by atoms with Gasteiger partial charge in [-0.15, -0.1) is 16.1 Å². The minimum Gasteiger partial charge on any atom is -0.368 e. The number of aromatic nitrogens is 3. The maximum absolute atomic E-state index is 5.70. The first-order valence-electron chi connectivity index (χ1n) is 5.38. The molecular formula is C11H16N4O. The van der Waals surface area contributed by atoms with Crippen LogP contribution in [0.5, 0.6) is 0 Å². The second-order valence-electron chi connectivity index (χ2n) is 3.82. The quantitative estimate of drug-likeness (QED) is 0.668. The molecule has 2 heterocycles. The van der Waals surface area contributed by atoms with E-state index in [1.807, 2.05) is 18.5 Å². The molecule has 1 aromatic rings. The van der Waals surface area contributed by atoms with Gasteiger partial charge in [0.2, 0.25) is 0 Å². The largest absolute Gasteiger partial charge is 0.368 e. The Balaban J connectivity index is 2.01. The fraction of sp³-hybridized carbons (Fsp3) is 0.636. The van der Waals surface area contributed by atoms with Gasteiger partial charge in [0, 0.05) is 20.1 Å². The first-order chi connectivity index (χ1) is 7.81. The molecule has 0 amide bonds. The van der Waals surface area contributed by atoms with Crippen molar-refractivity contribution in [3.05, 3.63) is 12.2 Å². The molecule has 1 aliphatic rings. The van der Waals surface area contributed by atoms with Crippen LogP contribution < -0.4 is 0 Å². The highest BCUT2D eigenvalue weighted by Crippen LogP contribution is 2.19. The maximum Gasteiger partial charge on any atom is 0.163 e. The predicted octanol–water partition coefficient (Wildman–Crippen LogP) is 0.212. The van der Waals surface area contributed by atoms with Crippen molar-refractivity contribution >= 4 is 0 Å². The lowest BCUT2D eigenvalue weighted by atomic mass is 10.2. The predicted molar refractivity (Wildman–Crippen MR) is 59.6 cm³/mol. The van der Waals surface area contributed by atoms with Crippen molar-refractivity contribution in [1.29, 1.82) is 0 Å². The molecule has 0 bridgehead atoms. The molecule has 5 heteroatoms. The van der Waals surface area contributed by atoms with E-state index in [9.17, 15) is 0 Å². The Hall–Kier alpha value is -1.38. The standard InChI is InChI=1S/C11H16N4O/c1-3-4-5-15-6-7-16-10(8-15)11-13-12-9-14(11)2/h9-10H,5-8H2,1-2H3/t10-/m0/s1. The van der Waals surface area contributed by atoms with Gasteiger partial charge in [-0.25, -0.2) is 0 Å². The molecule has 0 spiro atoms. The summed E-state index contributed by atoms with van der Waals surface area (Å²) < 4.78 is 7.60. The van der Waals surface area contributed by atoms with Crippen molar-refractivity contribution in [3.63, 3.8) is 0 Å². The van der Waals surface area contributed by atoms with Crippen LogP contribution >= 0.6 is 0 Å². The number of ether oxygens (including phenoxy) is 1. The summed E-state index contributed by atoms with van der Waals surface area (Å²) in [5.41, 5.74) is 0. The van der Waals surface area contributed by atoms with Crippen LogP contribution in [0.25, 0.3) is 0 Å².